The van der Waals surface area contributed by atoms with Gasteiger partial charge in [-0.05, 0) is 31.9 Å². The lowest BCUT2D eigenvalue weighted by atomic mass is 10.1. The summed E-state index contributed by atoms with van der Waals surface area (Å²) in [4.78, 5) is 14.2. The molecule has 3 N–H and O–H groups in total. The molecule has 1 fully saturated rings. The predicted octanol–water partition coefficient (Wildman–Crippen LogP) is 2.49. The average Bonchev–Trinajstić information content (AvgIpc) is 2.44. The minimum atomic E-state index is -0.110. The summed E-state index contributed by atoms with van der Waals surface area (Å²) in [5.41, 5.74) is 8.09. The maximum Gasteiger partial charge on any atom is 0.221 e. The molecule has 0 saturated carbocycles. The molecular formula is C18H31Cl2N3O2. The highest BCUT2D eigenvalue weighted by Gasteiger charge is 2.22. The Morgan fingerprint density at radius 3 is 2.36 bits per heavy atom. The molecule has 0 aromatic heterocycles. The van der Waals surface area contributed by atoms with Crippen molar-refractivity contribution in [3.8, 4) is 0 Å². The minimum Gasteiger partial charge on any atom is -0.373 e. The topological polar surface area (TPSA) is 67.6 Å². The Hall–Kier alpha value is -0.850. The summed E-state index contributed by atoms with van der Waals surface area (Å²) in [5.74, 6) is 0.00317. The van der Waals surface area contributed by atoms with Crippen molar-refractivity contribution in [1.82, 2.24) is 10.2 Å². The summed E-state index contributed by atoms with van der Waals surface area (Å²) in [7, 11) is 0. The molecular weight excluding hydrogens is 361 g/mol. The van der Waals surface area contributed by atoms with E-state index in [1.165, 1.54) is 5.56 Å². The monoisotopic (exact) mass is 391 g/mol. The lowest BCUT2D eigenvalue weighted by Crippen LogP contribution is -2.45. The van der Waals surface area contributed by atoms with Gasteiger partial charge in [-0.1, -0.05) is 24.3 Å². The summed E-state index contributed by atoms with van der Waals surface area (Å²) in [5, 5.41) is 2.96. The van der Waals surface area contributed by atoms with Crippen molar-refractivity contribution < 1.29 is 9.53 Å². The highest BCUT2D eigenvalue weighted by molar-refractivity contribution is 5.85. The first-order chi connectivity index (χ1) is 10.9. The summed E-state index contributed by atoms with van der Waals surface area (Å²) >= 11 is 0. The number of halogens is 2. The van der Waals surface area contributed by atoms with Crippen molar-refractivity contribution in [3.05, 3.63) is 35.4 Å². The fourth-order valence-corrected chi connectivity index (χ4v) is 3.10. The van der Waals surface area contributed by atoms with Crippen molar-refractivity contribution in [1.29, 1.82) is 0 Å². The van der Waals surface area contributed by atoms with E-state index in [9.17, 15) is 4.79 Å². The van der Waals surface area contributed by atoms with Crippen LogP contribution in [0.5, 0.6) is 0 Å². The second-order valence-electron chi connectivity index (χ2n) is 6.68. The molecule has 1 aliphatic heterocycles. The highest BCUT2D eigenvalue weighted by Crippen LogP contribution is 2.17. The summed E-state index contributed by atoms with van der Waals surface area (Å²) in [6.07, 6.45) is 0.883. The molecule has 1 aliphatic rings. The third-order valence-corrected chi connectivity index (χ3v) is 3.99. The third-order valence-electron chi connectivity index (χ3n) is 3.99. The van der Waals surface area contributed by atoms with Gasteiger partial charge >= 0.3 is 0 Å². The molecule has 144 valence electrons. The van der Waals surface area contributed by atoms with E-state index in [-0.39, 0.29) is 49.0 Å². The quantitative estimate of drug-likeness (QED) is 0.781. The number of ether oxygens (including phenoxy) is 1. The van der Waals surface area contributed by atoms with Crippen molar-refractivity contribution >= 4 is 30.7 Å². The van der Waals surface area contributed by atoms with Crippen molar-refractivity contribution in [2.24, 2.45) is 5.73 Å². The van der Waals surface area contributed by atoms with Crippen LogP contribution in [0.15, 0.2) is 24.3 Å². The number of carbonyl (C=O) groups excluding carboxylic acids is 1. The number of morpholine rings is 1. The van der Waals surface area contributed by atoms with Gasteiger partial charge in [-0.2, -0.15) is 0 Å². The smallest absolute Gasteiger partial charge is 0.221 e. The molecule has 3 atom stereocenters. The van der Waals surface area contributed by atoms with Gasteiger partial charge in [-0.25, -0.2) is 0 Å². The molecule has 25 heavy (non-hydrogen) atoms. The number of benzene rings is 1. The van der Waals surface area contributed by atoms with Gasteiger partial charge in [-0.3, -0.25) is 9.69 Å². The Balaban J connectivity index is 0.00000288. The van der Waals surface area contributed by atoms with Gasteiger partial charge in [0.15, 0.2) is 0 Å². The van der Waals surface area contributed by atoms with Crippen LogP contribution < -0.4 is 11.1 Å². The zero-order valence-electron chi connectivity index (χ0n) is 15.2. The molecule has 1 aromatic carbocycles. The number of rotatable bonds is 6. The van der Waals surface area contributed by atoms with Crippen LogP contribution in [0.25, 0.3) is 0 Å². The number of nitrogens with two attached hydrogens (primary N) is 1. The van der Waals surface area contributed by atoms with E-state index in [4.69, 9.17) is 10.5 Å². The fourth-order valence-electron chi connectivity index (χ4n) is 3.10. The molecule has 1 saturated heterocycles. The Morgan fingerprint density at radius 2 is 1.80 bits per heavy atom. The number of hydrogen-bond donors (Lipinski definition) is 2. The van der Waals surface area contributed by atoms with E-state index in [1.807, 2.05) is 13.0 Å². The molecule has 2 rings (SSSR count). The number of nitrogens with one attached hydrogen (secondary N) is 1. The molecule has 0 bridgehead atoms. The van der Waals surface area contributed by atoms with E-state index in [0.717, 1.165) is 25.2 Å². The van der Waals surface area contributed by atoms with Gasteiger partial charge in [0.05, 0.1) is 12.2 Å². The predicted molar refractivity (Wildman–Crippen MR) is 106 cm³/mol. The number of amides is 1. The zero-order chi connectivity index (χ0) is 16.8. The lowest BCUT2D eigenvalue weighted by Gasteiger charge is -2.35. The molecule has 0 aliphatic carbocycles. The van der Waals surface area contributed by atoms with Gasteiger partial charge < -0.3 is 15.8 Å². The molecule has 0 radical (unpaired) electrons. The number of nitrogens with zero attached hydrogens (tertiary/aromatic N) is 1. The Labute approximate surface area is 163 Å². The first-order valence-electron chi connectivity index (χ1n) is 8.41. The van der Waals surface area contributed by atoms with Crippen molar-refractivity contribution in [2.45, 2.75) is 58.5 Å². The highest BCUT2D eigenvalue weighted by atomic mass is 35.5. The SMILES string of the molecule is CC(N)CC(=O)NCc1ccccc1CN1CC(C)OC(C)C1.Cl.Cl. The second-order valence-corrected chi connectivity index (χ2v) is 6.68. The standard InChI is InChI=1S/C18H29N3O2.2ClH/c1-13(19)8-18(22)20-9-16-6-4-5-7-17(16)12-21-10-14(2)23-15(3)11-21;;/h4-7,13-15H,8-12,19H2,1-3H3,(H,20,22);2*1H. The molecule has 1 heterocycles. The third kappa shape index (κ3) is 8.38. The van der Waals surface area contributed by atoms with Gasteiger partial charge in [-0.15, -0.1) is 24.8 Å². The molecule has 1 amide bonds. The summed E-state index contributed by atoms with van der Waals surface area (Å²) in [6.45, 7) is 9.39. The normalized spacial score (nSPS) is 21.6. The Kier molecular flexibility index (Phi) is 11.3. The van der Waals surface area contributed by atoms with Crippen LogP contribution in [0, 0.1) is 0 Å². The maximum atomic E-state index is 11.8. The Morgan fingerprint density at radius 1 is 1.24 bits per heavy atom. The van der Waals surface area contributed by atoms with Crippen LogP contribution in [0.3, 0.4) is 0 Å². The largest absolute Gasteiger partial charge is 0.373 e. The first kappa shape index (κ1) is 24.1. The van der Waals surface area contributed by atoms with E-state index in [0.29, 0.717) is 13.0 Å². The molecule has 7 heteroatoms. The van der Waals surface area contributed by atoms with Gasteiger partial charge in [0, 0.05) is 38.6 Å². The summed E-state index contributed by atoms with van der Waals surface area (Å²) in [6, 6.07) is 8.17. The molecule has 0 spiro atoms. The van der Waals surface area contributed by atoms with Crippen LogP contribution in [-0.2, 0) is 22.6 Å². The lowest BCUT2D eigenvalue weighted by molar-refractivity contribution is -0.121. The molecule has 5 nitrogen and oxygen atoms in total. The van der Waals surface area contributed by atoms with Gasteiger partial charge in [0.2, 0.25) is 5.91 Å². The fraction of sp³-hybridized carbons (Fsp3) is 0.611. The van der Waals surface area contributed by atoms with Crippen LogP contribution in [-0.4, -0.2) is 42.1 Å². The van der Waals surface area contributed by atoms with E-state index in [1.54, 1.807) is 0 Å². The van der Waals surface area contributed by atoms with Crippen molar-refractivity contribution in [3.63, 3.8) is 0 Å². The maximum absolute atomic E-state index is 11.8. The first-order valence-corrected chi connectivity index (χ1v) is 8.41. The van der Waals surface area contributed by atoms with Crippen LogP contribution in [0.4, 0.5) is 0 Å². The second kappa shape index (κ2) is 11.7. The van der Waals surface area contributed by atoms with Gasteiger partial charge in [0.1, 0.15) is 0 Å². The van der Waals surface area contributed by atoms with E-state index < -0.39 is 0 Å². The van der Waals surface area contributed by atoms with Crippen LogP contribution in [0.1, 0.15) is 38.3 Å². The van der Waals surface area contributed by atoms with Gasteiger partial charge in [0.25, 0.3) is 0 Å². The van der Waals surface area contributed by atoms with Crippen LogP contribution >= 0.6 is 24.8 Å². The average molecular weight is 392 g/mol. The minimum absolute atomic E-state index is 0. The number of carbonyl (C=O) groups is 1. The zero-order valence-corrected chi connectivity index (χ0v) is 16.9. The summed E-state index contributed by atoms with van der Waals surface area (Å²) < 4.78 is 5.79. The van der Waals surface area contributed by atoms with E-state index >= 15 is 0 Å². The van der Waals surface area contributed by atoms with Crippen LogP contribution in [0.2, 0.25) is 0 Å². The Bertz CT molecular complexity index is 519. The molecule has 1 aromatic rings. The number of hydrogen-bond acceptors (Lipinski definition) is 4. The van der Waals surface area contributed by atoms with E-state index in [2.05, 4.69) is 42.3 Å². The van der Waals surface area contributed by atoms with Crippen molar-refractivity contribution in [2.75, 3.05) is 13.1 Å². The molecule has 3 unspecified atom stereocenters.